The molecular formula is C23H23N7O2. The largest absolute Gasteiger partial charge is 0.378 e. The minimum absolute atomic E-state index is 0.135. The molecule has 0 unspecified atom stereocenters. The Bertz CT molecular complexity index is 1200. The fourth-order valence-corrected chi connectivity index (χ4v) is 3.95. The van der Waals surface area contributed by atoms with E-state index in [-0.39, 0.29) is 18.5 Å². The highest BCUT2D eigenvalue weighted by atomic mass is 16.2. The summed E-state index contributed by atoms with van der Waals surface area (Å²) in [5.74, 6) is 0.876. The smallest absolute Gasteiger partial charge is 0.331 e. The number of carbonyl (C=O) groups excluding carboxylic acids is 2. The van der Waals surface area contributed by atoms with E-state index < -0.39 is 0 Å². The van der Waals surface area contributed by atoms with Crippen molar-refractivity contribution >= 4 is 35.0 Å². The number of urea groups is 1. The molecule has 2 aromatic carbocycles. The number of carbonyl (C=O) groups is 2. The fourth-order valence-electron chi connectivity index (χ4n) is 3.95. The second kappa shape index (κ2) is 7.84. The first kappa shape index (κ1) is 19.8. The quantitative estimate of drug-likeness (QED) is 0.676. The van der Waals surface area contributed by atoms with Crippen molar-refractivity contribution in [2.24, 2.45) is 4.99 Å². The average molecular weight is 429 g/mol. The van der Waals surface area contributed by atoms with Crippen LogP contribution in [0.3, 0.4) is 0 Å². The third-order valence-electron chi connectivity index (χ3n) is 5.51. The Labute approximate surface area is 185 Å². The van der Waals surface area contributed by atoms with Crippen molar-refractivity contribution in [3.8, 4) is 5.69 Å². The first-order valence-corrected chi connectivity index (χ1v) is 10.4. The molecule has 3 amide bonds. The van der Waals surface area contributed by atoms with E-state index in [4.69, 9.17) is 0 Å². The van der Waals surface area contributed by atoms with Crippen LogP contribution in [0.4, 0.5) is 22.0 Å². The van der Waals surface area contributed by atoms with Crippen molar-refractivity contribution in [3.05, 3.63) is 66.4 Å². The van der Waals surface area contributed by atoms with E-state index in [2.05, 4.69) is 15.4 Å². The number of hydrogen-bond acceptors (Lipinski definition) is 5. The minimum atomic E-state index is -0.290. The van der Waals surface area contributed by atoms with Crippen LogP contribution in [0, 0.1) is 0 Å². The van der Waals surface area contributed by atoms with E-state index in [1.54, 1.807) is 15.8 Å². The zero-order valence-corrected chi connectivity index (χ0v) is 17.9. The van der Waals surface area contributed by atoms with E-state index in [1.165, 1.54) is 4.90 Å². The molecule has 2 aliphatic rings. The van der Waals surface area contributed by atoms with Gasteiger partial charge in [0.15, 0.2) is 5.82 Å². The second-order valence-corrected chi connectivity index (χ2v) is 7.84. The number of aromatic nitrogens is 2. The van der Waals surface area contributed by atoms with Gasteiger partial charge in [-0.3, -0.25) is 19.6 Å². The van der Waals surface area contributed by atoms with Gasteiger partial charge in [-0.05, 0) is 36.4 Å². The molecule has 0 bridgehead atoms. The molecule has 2 aliphatic heterocycles. The van der Waals surface area contributed by atoms with E-state index in [1.807, 2.05) is 73.6 Å². The first-order chi connectivity index (χ1) is 15.5. The van der Waals surface area contributed by atoms with Gasteiger partial charge < -0.3 is 10.2 Å². The van der Waals surface area contributed by atoms with Crippen molar-refractivity contribution in [1.82, 2.24) is 14.7 Å². The molecule has 3 aromatic rings. The summed E-state index contributed by atoms with van der Waals surface area (Å²) >= 11 is 0. The number of nitrogens with one attached hydrogen (secondary N) is 1. The van der Waals surface area contributed by atoms with Gasteiger partial charge in [-0.1, -0.05) is 18.2 Å². The van der Waals surface area contributed by atoms with Gasteiger partial charge in [0, 0.05) is 32.0 Å². The number of amidine groups is 1. The van der Waals surface area contributed by atoms with E-state index >= 15 is 0 Å². The number of fused-ring (bicyclic) bond motifs is 3. The summed E-state index contributed by atoms with van der Waals surface area (Å²) in [5.41, 5.74) is 3.25. The molecular weight excluding hydrogens is 406 g/mol. The Morgan fingerprint density at radius 3 is 2.56 bits per heavy atom. The molecule has 162 valence electrons. The fraction of sp³-hybridized carbons (Fsp3) is 0.217. The summed E-state index contributed by atoms with van der Waals surface area (Å²) in [6, 6.07) is 16.8. The van der Waals surface area contributed by atoms with Gasteiger partial charge in [0.25, 0.3) is 0 Å². The van der Waals surface area contributed by atoms with Crippen molar-refractivity contribution in [3.63, 3.8) is 0 Å². The van der Waals surface area contributed by atoms with Gasteiger partial charge in [0.2, 0.25) is 5.91 Å². The summed E-state index contributed by atoms with van der Waals surface area (Å²) in [6.45, 7) is 0.896. The molecule has 9 nitrogen and oxygen atoms in total. The average Bonchev–Trinajstić information content (AvgIpc) is 3.45. The maximum absolute atomic E-state index is 13.3. The molecule has 9 heteroatoms. The predicted molar refractivity (Wildman–Crippen MR) is 124 cm³/mol. The summed E-state index contributed by atoms with van der Waals surface area (Å²) < 4.78 is 1.69. The summed E-state index contributed by atoms with van der Waals surface area (Å²) in [6.07, 6.45) is 1.71. The number of aliphatic imine (C=N–C) groups is 1. The zero-order valence-electron chi connectivity index (χ0n) is 17.9. The summed E-state index contributed by atoms with van der Waals surface area (Å²) in [5, 5.41) is 7.40. The molecule has 32 heavy (non-hydrogen) atoms. The standard InChI is InChI=1S/C23H23N7O2/c1-27(2)17-10-8-16(9-11-17)26-20(31)15-29-22-19(21-24-12-13-28(21)23(29)32)14-25-30(22)18-6-4-3-5-7-18/h3-11,14H,12-13,15H2,1-2H3,(H,26,31). The number of nitrogens with zero attached hydrogens (tertiary/aromatic N) is 6. The van der Waals surface area contributed by atoms with Crippen LogP contribution < -0.4 is 15.1 Å². The van der Waals surface area contributed by atoms with Crippen LogP contribution in [0.25, 0.3) is 5.69 Å². The molecule has 0 saturated heterocycles. The topological polar surface area (TPSA) is 86.1 Å². The number of amides is 3. The van der Waals surface area contributed by atoms with Crippen LogP contribution in [-0.4, -0.2) is 66.2 Å². The zero-order chi connectivity index (χ0) is 22.2. The van der Waals surface area contributed by atoms with Gasteiger partial charge in [-0.2, -0.15) is 5.10 Å². The number of rotatable bonds is 5. The Kier molecular flexibility index (Phi) is 4.85. The summed E-state index contributed by atoms with van der Waals surface area (Å²) in [4.78, 5) is 35.8. The lowest BCUT2D eigenvalue weighted by Gasteiger charge is -2.33. The van der Waals surface area contributed by atoms with Gasteiger partial charge in [0.1, 0.15) is 12.4 Å². The van der Waals surface area contributed by atoms with Crippen molar-refractivity contribution in [2.75, 3.05) is 48.8 Å². The molecule has 0 fully saturated rings. The molecule has 0 aliphatic carbocycles. The minimum Gasteiger partial charge on any atom is -0.378 e. The number of anilines is 3. The van der Waals surface area contributed by atoms with Crippen LogP contribution in [0.15, 0.2) is 65.8 Å². The van der Waals surface area contributed by atoms with E-state index in [0.29, 0.717) is 30.4 Å². The van der Waals surface area contributed by atoms with E-state index in [0.717, 1.165) is 16.9 Å². The second-order valence-electron chi connectivity index (χ2n) is 7.84. The maximum Gasteiger partial charge on any atom is 0.331 e. The van der Waals surface area contributed by atoms with Crippen LogP contribution in [0.1, 0.15) is 5.56 Å². The molecule has 0 radical (unpaired) electrons. The van der Waals surface area contributed by atoms with E-state index in [9.17, 15) is 9.59 Å². The van der Waals surface area contributed by atoms with Gasteiger partial charge >= 0.3 is 6.03 Å². The lowest BCUT2D eigenvalue weighted by Crippen LogP contribution is -2.52. The Hall–Kier alpha value is -4.14. The molecule has 5 rings (SSSR count). The van der Waals surface area contributed by atoms with Gasteiger partial charge in [-0.25, -0.2) is 9.48 Å². The SMILES string of the molecule is CN(C)c1ccc(NC(=O)CN2C(=O)N3CCN=C3c3cnn(-c4ccccc4)c32)cc1. The van der Waals surface area contributed by atoms with Crippen LogP contribution in [-0.2, 0) is 4.79 Å². The Morgan fingerprint density at radius 1 is 1.09 bits per heavy atom. The lowest BCUT2D eigenvalue weighted by molar-refractivity contribution is -0.114. The Morgan fingerprint density at radius 2 is 1.84 bits per heavy atom. The van der Waals surface area contributed by atoms with Gasteiger partial charge in [-0.15, -0.1) is 0 Å². The number of benzene rings is 2. The molecule has 1 N–H and O–H groups in total. The number of hydrogen-bond donors (Lipinski definition) is 1. The first-order valence-electron chi connectivity index (χ1n) is 10.4. The molecule has 3 heterocycles. The monoisotopic (exact) mass is 429 g/mol. The Balaban J connectivity index is 1.46. The molecule has 0 spiro atoms. The highest BCUT2D eigenvalue weighted by molar-refractivity contribution is 6.20. The third-order valence-corrected chi connectivity index (χ3v) is 5.51. The highest BCUT2D eigenvalue weighted by Gasteiger charge is 2.41. The van der Waals surface area contributed by atoms with Crippen molar-refractivity contribution in [2.45, 2.75) is 0 Å². The summed E-state index contributed by atoms with van der Waals surface area (Å²) in [7, 11) is 3.91. The van der Waals surface area contributed by atoms with Crippen LogP contribution in [0.2, 0.25) is 0 Å². The third kappa shape index (κ3) is 3.37. The number of para-hydroxylation sites is 1. The normalized spacial score (nSPS) is 14.7. The predicted octanol–water partition coefficient (Wildman–Crippen LogP) is 2.58. The van der Waals surface area contributed by atoms with Crippen molar-refractivity contribution < 1.29 is 9.59 Å². The maximum atomic E-state index is 13.3. The lowest BCUT2D eigenvalue weighted by atomic mass is 10.2. The molecule has 1 aromatic heterocycles. The van der Waals surface area contributed by atoms with Crippen LogP contribution in [0.5, 0.6) is 0 Å². The molecule has 0 atom stereocenters. The molecule has 0 saturated carbocycles. The van der Waals surface area contributed by atoms with Crippen molar-refractivity contribution in [1.29, 1.82) is 0 Å². The highest BCUT2D eigenvalue weighted by Crippen LogP contribution is 2.32. The van der Waals surface area contributed by atoms with Crippen LogP contribution >= 0.6 is 0 Å². The van der Waals surface area contributed by atoms with Gasteiger partial charge in [0.05, 0.1) is 24.0 Å².